The van der Waals surface area contributed by atoms with Crippen molar-refractivity contribution >= 4 is 0 Å². The average Bonchev–Trinajstić information content (AvgIpc) is 2.53. The molecule has 0 bridgehead atoms. The summed E-state index contributed by atoms with van der Waals surface area (Å²) in [6, 6.07) is 10.9. The van der Waals surface area contributed by atoms with Gasteiger partial charge in [-0.2, -0.15) is 0 Å². The third kappa shape index (κ3) is 1.14. The van der Waals surface area contributed by atoms with E-state index >= 15 is 0 Å². The van der Waals surface area contributed by atoms with E-state index in [4.69, 9.17) is 4.42 Å². The van der Waals surface area contributed by atoms with Crippen LogP contribution in [-0.2, 0) is 0 Å². The van der Waals surface area contributed by atoms with Crippen LogP contribution in [-0.4, -0.2) is 0 Å². The Balaban J connectivity index is 2.51. The third-order valence-electron chi connectivity index (χ3n) is 1.87. The molecule has 0 fully saturated rings. The molecule has 1 nitrogen and oxygen atoms in total. The van der Waals surface area contributed by atoms with Crippen molar-refractivity contribution in [3.05, 3.63) is 48.4 Å². The summed E-state index contributed by atoms with van der Waals surface area (Å²) < 4.78 is 5.09. The molecule has 0 spiro atoms. The lowest BCUT2D eigenvalue weighted by atomic mass is 10.1. The minimum atomic E-state index is 1.15. The Morgan fingerprint density at radius 2 is 2.25 bits per heavy atom. The van der Waals surface area contributed by atoms with Crippen LogP contribution in [0.15, 0.2) is 41.2 Å². The van der Waals surface area contributed by atoms with Crippen molar-refractivity contribution in [1.82, 2.24) is 0 Å². The van der Waals surface area contributed by atoms with Crippen molar-refractivity contribution < 1.29 is 4.42 Å². The molecule has 0 saturated carbocycles. The fourth-order valence-electron chi connectivity index (χ4n) is 1.22. The van der Waals surface area contributed by atoms with Crippen LogP contribution >= 0.6 is 0 Å². The smallest absolute Gasteiger partial charge is 0.0983 e. The lowest BCUT2D eigenvalue weighted by Crippen LogP contribution is -1.74. The van der Waals surface area contributed by atoms with Gasteiger partial charge in [0, 0.05) is 5.56 Å². The highest BCUT2D eigenvalue weighted by molar-refractivity contribution is 5.65. The topological polar surface area (TPSA) is 13.1 Å². The van der Waals surface area contributed by atoms with Crippen LogP contribution in [0.4, 0.5) is 0 Å². The number of aryl methyl sites for hydroxylation is 1. The van der Waals surface area contributed by atoms with Crippen LogP contribution in [0.2, 0.25) is 0 Å². The minimum Gasteiger partial charge on any atom is -0.472 e. The van der Waals surface area contributed by atoms with E-state index in [-0.39, 0.29) is 0 Å². The second-order valence-corrected chi connectivity index (χ2v) is 2.76. The van der Waals surface area contributed by atoms with Crippen LogP contribution < -0.4 is 0 Å². The summed E-state index contributed by atoms with van der Waals surface area (Å²) in [4.78, 5) is 0. The molecule has 2 aromatic rings. The molecule has 2 rings (SSSR count). The Kier molecular flexibility index (Phi) is 1.71. The van der Waals surface area contributed by atoms with E-state index in [1.165, 1.54) is 0 Å². The summed E-state index contributed by atoms with van der Waals surface area (Å²) in [7, 11) is 0. The van der Waals surface area contributed by atoms with E-state index < -0.39 is 0 Å². The molecule has 0 saturated heterocycles. The van der Waals surface area contributed by atoms with E-state index in [1.54, 1.807) is 12.5 Å². The Labute approximate surface area is 71.6 Å². The van der Waals surface area contributed by atoms with Crippen LogP contribution in [0.3, 0.4) is 0 Å². The molecule has 0 unspecified atom stereocenters. The maximum Gasteiger partial charge on any atom is 0.0983 e. The zero-order valence-corrected chi connectivity index (χ0v) is 6.87. The van der Waals surface area contributed by atoms with Crippen molar-refractivity contribution in [2.45, 2.75) is 6.92 Å². The van der Waals surface area contributed by atoms with Gasteiger partial charge in [0.1, 0.15) is 0 Å². The lowest BCUT2D eigenvalue weighted by Gasteiger charge is -1.96. The van der Waals surface area contributed by atoms with Gasteiger partial charge in [-0.3, -0.25) is 0 Å². The van der Waals surface area contributed by atoms with Crippen molar-refractivity contribution in [3.8, 4) is 11.1 Å². The predicted octanol–water partition coefficient (Wildman–Crippen LogP) is 3.06. The molecule has 0 amide bonds. The number of furan rings is 1. The molecule has 0 atom stereocenters. The van der Waals surface area contributed by atoms with Gasteiger partial charge in [0.25, 0.3) is 0 Å². The van der Waals surface area contributed by atoms with Gasteiger partial charge in [0.05, 0.1) is 12.5 Å². The highest BCUT2D eigenvalue weighted by Crippen LogP contribution is 2.22. The SMILES string of the molecule is Cc1cocc1-c1c[c]ccc1. The molecule has 0 N–H and O–H groups in total. The van der Waals surface area contributed by atoms with Gasteiger partial charge in [-0.05, 0) is 30.2 Å². The first-order chi connectivity index (χ1) is 5.88. The zero-order valence-electron chi connectivity index (χ0n) is 6.87. The molecule has 59 valence electrons. The van der Waals surface area contributed by atoms with Gasteiger partial charge < -0.3 is 4.42 Å². The second-order valence-electron chi connectivity index (χ2n) is 2.76. The van der Waals surface area contributed by atoms with E-state index in [0.29, 0.717) is 0 Å². The minimum absolute atomic E-state index is 1.15. The number of hydrogen-bond acceptors (Lipinski definition) is 1. The number of benzene rings is 1. The summed E-state index contributed by atoms with van der Waals surface area (Å²) in [5.41, 5.74) is 3.46. The monoisotopic (exact) mass is 157 g/mol. The fourth-order valence-corrected chi connectivity index (χ4v) is 1.22. The molecular formula is C11H9O. The molecule has 12 heavy (non-hydrogen) atoms. The largest absolute Gasteiger partial charge is 0.472 e. The first-order valence-electron chi connectivity index (χ1n) is 3.87. The van der Waals surface area contributed by atoms with Gasteiger partial charge in [0.15, 0.2) is 0 Å². The fraction of sp³-hybridized carbons (Fsp3) is 0.0909. The summed E-state index contributed by atoms with van der Waals surface area (Å²) in [5.74, 6) is 0. The second kappa shape index (κ2) is 2.86. The molecular weight excluding hydrogens is 148 g/mol. The van der Waals surface area contributed by atoms with E-state index in [0.717, 1.165) is 16.7 Å². The van der Waals surface area contributed by atoms with Crippen LogP contribution in [0, 0.1) is 13.0 Å². The Morgan fingerprint density at radius 3 is 2.83 bits per heavy atom. The Morgan fingerprint density at radius 1 is 1.33 bits per heavy atom. The quantitative estimate of drug-likeness (QED) is 0.620. The highest BCUT2D eigenvalue weighted by atomic mass is 16.3. The molecule has 1 aromatic carbocycles. The zero-order chi connectivity index (χ0) is 8.39. The summed E-state index contributed by atoms with van der Waals surface area (Å²) in [6.45, 7) is 2.03. The number of rotatable bonds is 1. The van der Waals surface area contributed by atoms with Gasteiger partial charge >= 0.3 is 0 Å². The standard InChI is InChI=1S/C11H9O/c1-9-7-12-8-11(9)10-5-3-2-4-6-10/h2-3,5-8H,1H3. The van der Waals surface area contributed by atoms with E-state index in [9.17, 15) is 0 Å². The van der Waals surface area contributed by atoms with E-state index in [2.05, 4.69) is 6.07 Å². The van der Waals surface area contributed by atoms with Crippen LogP contribution in [0.1, 0.15) is 5.56 Å². The van der Waals surface area contributed by atoms with Gasteiger partial charge in [-0.15, -0.1) is 0 Å². The van der Waals surface area contributed by atoms with Crippen LogP contribution in [0.5, 0.6) is 0 Å². The summed E-state index contributed by atoms with van der Waals surface area (Å²) in [5, 5.41) is 0. The lowest BCUT2D eigenvalue weighted by molar-refractivity contribution is 0.566. The van der Waals surface area contributed by atoms with Gasteiger partial charge in [-0.25, -0.2) is 0 Å². The van der Waals surface area contributed by atoms with Crippen molar-refractivity contribution in [2.75, 3.05) is 0 Å². The first-order valence-corrected chi connectivity index (χ1v) is 3.87. The maximum absolute atomic E-state index is 5.09. The Bertz CT molecular complexity index is 360. The van der Waals surface area contributed by atoms with Crippen molar-refractivity contribution in [1.29, 1.82) is 0 Å². The van der Waals surface area contributed by atoms with Crippen molar-refractivity contribution in [2.24, 2.45) is 0 Å². The van der Waals surface area contributed by atoms with E-state index in [1.807, 2.05) is 31.2 Å². The molecule has 1 radical (unpaired) electrons. The molecule has 1 aromatic heterocycles. The van der Waals surface area contributed by atoms with Crippen molar-refractivity contribution in [3.63, 3.8) is 0 Å². The molecule has 0 aliphatic rings. The normalized spacial score (nSPS) is 10.1. The molecule has 0 aliphatic carbocycles. The third-order valence-corrected chi connectivity index (χ3v) is 1.87. The first kappa shape index (κ1) is 7.17. The average molecular weight is 157 g/mol. The molecule has 1 heteroatoms. The maximum atomic E-state index is 5.09. The van der Waals surface area contributed by atoms with Gasteiger partial charge in [-0.1, -0.05) is 18.2 Å². The predicted molar refractivity (Wildman–Crippen MR) is 47.7 cm³/mol. The van der Waals surface area contributed by atoms with Gasteiger partial charge in [0.2, 0.25) is 0 Å². The summed E-state index contributed by atoms with van der Waals surface area (Å²) in [6.07, 6.45) is 3.51. The molecule has 1 heterocycles. The summed E-state index contributed by atoms with van der Waals surface area (Å²) >= 11 is 0. The highest BCUT2D eigenvalue weighted by Gasteiger charge is 2.01. The molecule has 0 aliphatic heterocycles. The Hall–Kier alpha value is -1.50. The number of hydrogen-bond donors (Lipinski definition) is 0. The van der Waals surface area contributed by atoms with Crippen LogP contribution in [0.25, 0.3) is 11.1 Å².